The van der Waals surface area contributed by atoms with E-state index >= 15 is 0 Å². The molecule has 2 rings (SSSR count). The van der Waals surface area contributed by atoms with Gasteiger partial charge in [0.05, 0.1) is 5.75 Å². The van der Waals surface area contributed by atoms with E-state index in [-0.39, 0.29) is 24.1 Å². The van der Waals surface area contributed by atoms with E-state index in [2.05, 4.69) is 4.72 Å². The van der Waals surface area contributed by atoms with Gasteiger partial charge in [-0.1, -0.05) is 43.7 Å². The zero-order valence-corrected chi connectivity index (χ0v) is 13.1. The van der Waals surface area contributed by atoms with E-state index in [9.17, 15) is 13.2 Å². The SMILES string of the molecule is CCCCS(=O)(=O)N[C@@H]1CC(=O)N(Cc2ccccc2)C1. The number of carbonyl (C=O) groups excluding carboxylic acids is 1. The van der Waals surface area contributed by atoms with E-state index in [0.717, 1.165) is 12.0 Å². The summed E-state index contributed by atoms with van der Waals surface area (Å²) < 4.78 is 26.4. The van der Waals surface area contributed by atoms with Crippen LogP contribution in [0.3, 0.4) is 0 Å². The number of rotatable bonds is 7. The van der Waals surface area contributed by atoms with Crippen LogP contribution in [0.5, 0.6) is 0 Å². The Balaban J connectivity index is 1.90. The van der Waals surface area contributed by atoms with Crippen molar-refractivity contribution in [1.82, 2.24) is 9.62 Å². The van der Waals surface area contributed by atoms with Crippen molar-refractivity contribution in [2.75, 3.05) is 12.3 Å². The summed E-state index contributed by atoms with van der Waals surface area (Å²) in [6.07, 6.45) is 1.73. The fourth-order valence-electron chi connectivity index (χ4n) is 2.45. The van der Waals surface area contributed by atoms with E-state index in [4.69, 9.17) is 0 Å². The van der Waals surface area contributed by atoms with Crippen LogP contribution in [0, 0.1) is 0 Å². The van der Waals surface area contributed by atoms with Crippen molar-refractivity contribution in [1.29, 1.82) is 0 Å². The van der Waals surface area contributed by atoms with E-state index in [1.807, 2.05) is 37.3 Å². The maximum absolute atomic E-state index is 12.0. The molecule has 1 saturated heterocycles. The summed E-state index contributed by atoms with van der Waals surface area (Å²) in [4.78, 5) is 13.7. The van der Waals surface area contributed by atoms with E-state index < -0.39 is 10.0 Å². The molecule has 116 valence electrons. The van der Waals surface area contributed by atoms with Gasteiger partial charge >= 0.3 is 0 Å². The van der Waals surface area contributed by atoms with Crippen molar-refractivity contribution in [3.63, 3.8) is 0 Å². The highest BCUT2D eigenvalue weighted by Crippen LogP contribution is 2.16. The second-order valence-corrected chi connectivity index (χ2v) is 7.32. The van der Waals surface area contributed by atoms with Crippen LogP contribution in [0.1, 0.15) is 31.7 Å². The monoisotopic (exact) mass is 310 g/mol. The van der Waals surface area contributed by atoms with Gasteiger partial charge in [-0.3, -0.25) is 4.79 Å². The fraction of sp³-hybridized carbons (Fsp3) is 0.533. The first-order valence-corrected chi connectivity index (χ1v) is 8.97. The van der Waals surface area contributed by atoms with Gasteiger partial charge in [0.15, 0.2) is 0 Å². The molecule has 1 aromatic rings. The summed E-state index contributed by atoms with van der Waals surface area (Å²) >= 11 is 0. The lowest BCUT2D eigenvalue weighted by molar-refractivity contribution is -0.128. The Morgan fingerprint density at radius 1 is 1.29 bits per heavy atom. The van der Waals surface area contributed by atoms with Crippen molar-refractivity contribution in [3.05, 3.63) is 35.9 Å². The lowest BCUT2D eigenvalue weighted by Crippen LogP contribution is -2.38. The Morgan fingerprint density at radius 3 is 2.67 bits per heavy atom. The molecule has 1 aliphatic rings. The van der Waals surface area contributed by atoms with Crippen molar-refractivity contribution < 1.29 is 13.2 Å². The van der Waals surface area contributed by atoms with E-state index in [0.29, 0.717) is 19.5 Å². The summed E-state index contributed by atoms with van der Waals surface area (Å²) in [5.41, 5.74) is 1.06. The largest absolute Gasteiger partial charge is 0.337 e. The van der Waals surface area contributed by atoms with Crippen molar-refractivity contribution >= 4 is 15.9 Å². The summed E-state index contributed by atoms with van der Waals surface area (Å²) in [6, 6.07) is 9.42. The third kappa shape index (κ3) is 4.82. The topological polar surface area (TPSA) is 66.5 Å². The Labute approximate surface area is 126 Å². The van der Waals surface area contributed by atoms with Gasteiger partial charge in [-0.05, 0) is 12.0 Å². The zero-order valence-electron chi connectivity index (χ0n) is 12.3. The van der Waals surface area contributed by atoms with Gasteiger partial charge in [0, 0.05) is 25.6 Å². The summed E-state index contributed by atoms with van der Waals surface area (Å²) in [7, 11) is -3.28. The van der Waals surface area contributed by atoms with Gasteiger partial charge in [-0.25, -0.2) is 13.1 Å². The molecule has 1 N–H and O–H groups in total. The highest BCUT2D eigenvalue weighted by Gasteiger charge is 2.31. The minimum atomic E-state index is -3.28. The van der Waals surface area contributed by atoms with Crippen LogP contribution in [0.2, 0.25) is 0 Å². The first kappa shape index (κ1) is 16.0. The number of nitrogens with zero attached hydrogens (tertiary/aromatic N) is 1. The van der Waals surface area contributed by atoms with Crippen LogP contribution in [0.25, 0.3) is 0 Å². The predicted molar refractivity (Wildman–Crippen MR) is 82.1 cm³/mol. The quantitative estimate of drug-likeness (QED) is 0.830. The molecule has 0 radical (unpaired) electrons. The normalized spacial score (nSPS) is 19.2. The highest BCUT2D eigenvalue weighted by atomic mass is 32.2. The van der Waals surface area contributed by atoms with Gasteiger partial charge in [-0.2, -0.15) is 0 Å². The molecule has 1 fully saturated rings. The maximum atomic E-state index is 12.0. The predicted octanol–water partition coefficient (Wildman–Crippen LogP) is 1.51. The van der Waals surface area contributed by atoms with Gasteiger partial charge in [-0.15, -0.1) is 0 Å². The van der Waals surface area contributed by atoms with E-state index in [1.165, 1.54) is 0 Å². The standard InChI is InChI=1S/C15H22N2O3S/c1-2-3-9-21(19,20)16-14-10-15(18)17(12-14)11-13-7-5-4-6-8-13/h4-8,14,16H,2-3,9-12H2,1H3/t14-/m1/s1. The molecule has 1 aliphatic heterocycles. The molecule has 1 amide bonds. The average molecular weight is 310 g/mol. The smallest absolute Gasteiger partial charge is 0.224 e. The van der Waals surface area contributed by atoms with Crippen molar-refractivity contribution in [2.45, 2.75) is 38.8 Å². The molecule has 1 heterocycles. The molecule has 0 unspecified atom stereocenters. The van der Waals surface area contributed by atoms with Crippen LogP contribution in [0.4, 0.5) is 0 Å². The van der Waals surface area contributed by atoms with Gasteiger partial charge in [0.2, 0.25) is 15.9 Å². The number of hydrogen-bond acceptors (Lipinski definition) is 3. The molecule has 21 heavy (non-hydrogen) atoms. The van der Waals surface area contributed by atoms with Gasteiger partial charge < -0.3 is 4.90 Å². The molecular formula is C15H22N2O3S. The van der Waals surface area contributed by atoms with Crippen molar-refractivity contribution in [3.8, 4) is 0 Å². The van der Waals surface area contributed by atoms with Gasteiger partial charge in [0.1, 0.15) is 0 Å². The first-order valence-electron chi connectivity index (χ1n) is 7.32. The molecule has 0 spiro atoms. The van der Waals surface area contributed by atoms with Crippen LogP contribution in [0.15, 0.2) is 30.3 Å². The zero-order chi connectivity index (χ0) is 15.3. The van der Waals surface area contributed by atoms with Crippen molar-refractivity contribution in [2.24, 2.45) is 0 Å². The number of likely N-dealkylation sites (tertiary alicyclic amines) is 1. The molecule has 5 nitrogen and oxygen atoms in total. The second-order valence-electron chi connectivity index (χ2n) is 5.45. The number of carbonyl (C=O) groups is 1. The fourth-order valence-corrected chi connectivity index (χ4v) is 3.91. The Kier molecular flexibility index (Phi) is 5.36. The Hall–Kier alpha value is -1.40. The van der Waals surface area contributed by atoms with Crippen LogP contribution in [-0.4, -0.2) is 37.6 Å². The number of hydrogen-bond donors (Lipinski definition) is 1. The minimum Gasteiger partial charge on any atom is -0.337 e. The Bertz CT molecular complexity index is 572. The Morgan fingerprint density at radius 2 is 2.00 bits per heavy atom. The summed E-state index contributed by atoms with van der Waals surface area (Å²) in [5.74, 6) is 0.134. The maximum Gasteiger partial charge on any atom is 0.224 e. The molecule has 0 aromatic heterocycles. The van der Waals surface area contributed by atoms with Crippen LogP contribution in [-0.2, 0) is 21.4 Å². The number of sulfonamides is 1. The highest BCUT2D eigenvalue weighted by molar-refractivity contribution is 7.89. The summed E-state index contributed by atoms with van der Waals surface area (Å²) in [6.45, 7) is 2.93. The first-order chi connectivity index (χ1) is 10.00. The molecular weight excluding hydrogens is 288 g/mol. The number of amides is 1. The molecule has 1 aromatic carbocycles. The average Bonchev–Trinajstić information content (AvgIpc) is 2.77. The molecule has 6 heteroatoms. The third-order valence-corrected chi connectivity index (χ3v) is 5.06. The molecule has 0 aliphatic carbocycles. The lowest BCUT2D eigenvalue weighted by Gasteiger charge is -2.17. The second kappa shape index (κ2) is 7.04. The molecule has 0 bridgehead atoms. The van der Waals surface area contributed by atoms with Crippen LogP contribution >= 0.6 is 0 Å². The molecule has 1 atom stereocenters. The lowest BCUT2D eigenvalue weighted by atomic mass is 10.2. The van der Waals surface area contributed by atoms with Gasteiger partial charge in [0.25, 0.3) is 0 Å². The molecule has 0 saturated carbocycles. The number of unbranched alkanes of at least 4 members (excludes halogenated alkanes) is 1. The van der Waals surface area contributed by atoms with E-state index in [1.54, 1.807) is 4.90 Å². The minimum absolute atomic E-state index is 0.00189. The number of nitrogens with one attached hydrogen (secondary N) is 1. The number of benzene rings is 1. The third-order valence-electron chi connectivity index (χ3n) is 3.54. The van der Waals surface area contributed by atoms with Crippen LogP contribution < -0.4 is 4.72 Å². The summed E-state index contributed by atoms with van der Waals surface area (Å²) in [5, 5.41) is 0.